The molecule has 0 bridgehead atoms. The first kappa shape index (κ1) is 25.2. The van der Waals surface area contributed by atoms with Gasteiger partial charge in [0, 0.05) is 25.3 Å². The van der Waals surface area contributed by atoms with E-state index in [0.717, 1.165) is 19.3 Å². The maximum atomic E-state index is 13.0. The van der Waals surface area contributed by atoms with Crippen molar-refractivity contribution in [3.8, 4) is 5.75 Å². The van der Waals surface area contributed by atoms with Crippen molar-refractivity contribution < 1.29 is 19.1 Å². The molecule has 7 nitrogen and oxygen atoms in total. The quantitative estimate of drug-likeness (QED) is 0.589. The van der Waals surface area contributed by atoms with Gasteiger partial charge in [-0.2, -0.15) is 0 Å². The standard InChI is InChI=1S/C21H33N3O4.ClH/c1-15(2)19(23-20(25)16-5-7-17(27-3)8-6-16)21(26)24-12-9-18(10-13-24)28-14-4-11-22;/h5-8,15,18-19H,4,9-14,22H2,1-3H3,(H,23,25);1H. The topological polar surface area (TPSA) is 93.9 Å². The minimum absolute atomic E-state index is 0. The molecule has 0 spiro atoms. The average molecular weight is 428 g/mol. The number of methoxy groups -OCH3 is 1. The van der Waals surface area contributed by atoms with Gasteiger partial charge >= 0.3 is 0 Å². The van der Waals surface area contributed by atoms with Crippen molar-refractivity contribution in [1.82, 2.24) is 10.2 Å². The van der Waals surface area contributed by atoms with E-state index in [-0.39, 0.29) is 36.2 Å². The Morgan fingerprint density at radius 2 is 1.83 bits per heavy atom. The van der Waals surface area contributed by atoms with Crippen molar-refractivity contribution in [2.45, 2.75) is 45.3 Å². The van der Waals surface area contributed by atoms with Crippen LogP contribution in [0.1, 0.15) is 43.5 Å². The molecule has 1 unspecified atom stereocenters. The fourth-order valence-corrected chi connectivity index (χ4v) is 3.25. The van der Waals surface area contributed by atoms with Crippen molar-refractivity contribution in [2.24, 2.45) is 11.7 Å². The second kappa shape index (κ2) is 12.7. The molecule has 0 aromatic heterocycles. The largest absolute Gasteiger partial charge is 0.497 e. The molecular weight excluding hydrogens is 394 g/mol. The molecular formula is C21H34ClN3O4. The van der Waals surface area contributed by atoms with Crippen LogP contribution in [0.15, 0.2) is 24.3 Å². The molecule has 1 aromatic rings. The van der Waals surface area contributed by atoms with Crippen LogP contribution in [-0.2, 0) is 9.53 Å². The lowest BCUT2D eigenvalue weighted by atomic mass is 10.00. The van der Waals surface area contributed by atoms with Crippen LogP contribution in [0.2, 0.25) is 0 Å². The number of ether oxygens (including phenoxy) is 2. The molecule has 1 heterocycles. The summed E-state index contributed by atoms with van der Waals surface area (Å²) in [6.07, 6.45) is 2.66. The highest BCUT2D eigenvalue weighted by atomic mass is 35.5. The molecule has 1 aromatic carbocycles. The summed E-state index contributed by atoms with van der Waals surface area (Å²) in [5.74, 6) is 0.393. The summed E-state index contributed by atoms with van der Waals surface area (Å²) in [5, 5.41) is 2.90. The number of hydrogen-bond acceptors (Lipinski definition) is 5. The Morgan fingerprint density at radius 1 is 1.21 bits per heavy atom. The highest BCUT2D eigenvalue weighted by Gasteiger charge is 2.31. The van der Waals surface area contributed by atoms with E-state index in [1.54, 1.807) is 31.4 Å². The Balaban J connectivity index is 0.00000420. The van der Waals surface area contributed by atoms with Crippen molar-refractivity contribution in [1.29, 1.82) is 0 Å². The van der Waals surface area contributed by atoms with Gasteiger partial charge in [-0.3, -0.25) is 9.59 Å². The SMILES string of the molecule is COc1ccc(C(=O)NC(C(=O)N2CCC(OCCCN)CC2)C(C)C)cc1.Cl. The molecule has 1 atom stereocenters. The molecule has 0 aliphatic carbocycles. The second-order valence-electron chi connectivity index (χ2n) is 7.46. The monoisotopic (exact) mass is 427 g/mol. The Morgan fingerprint density at radius 3 is 2.34 bits per heavy atom. The summed E-state index contributed by atoms with van der Waals surface area (Å²) in [6, 6.07) is 6.30. The van der Waals surface area contributed by atoms with Gasteiger partial charge in [0.1, 0.15) is 11.8 Å². The first-order chi connectivity index (χ1) is 13.5. The minimum Gasteiger partial charge on any atom is -0.497 e. The summed E-state index contributed by atoms with van der Waals surface area (Å²) in [7, 11) is 1.58. The van der Waals surface area contributed by atoms with Gasteiger partial charge in [-0.1, -0.05) is 13.8 Å². The third kappa shape index (κ3) is 7.49. The zero-order chi connectivity index (χ0) is 20.5. The van der Waals surface area contributed by atoms with E-state index in [1.807, 2.05) is 18.7 Å². The molecule has 3 N–H and O–H groups in total. The predicted octanol–water partition coefficient (Wildman–Crippen LogP) is 2.23. The number of likely N-dealkylation sites (tertiary alicyclic amines) is 1. The molecule has 1 aliphatic heterocycles. The zero-order valence-electron chi connectivity index (χ0n) is 17.6. The van der Waals surface area contributed by atoms with E-state index < -0.39 is 6.04 Å². The van der Waals surface area contributed by atoms with Crippen molar-refractivity contribution in [3.63, 3.8) is 0 Å². The summed E-state index contributed by atoms with van der Waals surface area (Å²) in [5.41, 5.74) is 6.00. The number of carbonyl (C=O) groups excluding carboxylic acids is 2. The Kier molecular flexibility index (Phi) is 11.0. The van der Waals surface area contributed by atoms with Crippen LogP contribution in [0.4, 0.5) is 0 Å². The molecule has 2 amide bonds. The summed E-state index contributed by atoms with van der Waals surface area (Å²) in [4.78, 5) is 27.4. The number of piperidine rings is 1. The van der Waals surface area contributed by atoms with Gasteiger partial charge in [0.25, 0.3) is 5.91 Å². The van der Waals surface area contributed by atoms with Crippen LogP contribution < -0.4 is 15.8 Å². The third-order valence-electron chi connectivity index (χ3n) is 5.03. The molecule has 8 heteroatoms. The summed E-state index contributed by atoms with van der Waals surface area (Å²) < 4.78 is 10.9. The van der Waals surface area contributed by atoms with Gasteiger partial charge < -0.3 is 25.4 Å². The molecule has 29 heavy (non-hydrogen) atoms. The van der Waals surface area contributed by atoms with Crippen LogP contribution in [-0.4, -0.2) is 62.2 Å². The number of halogens is 1. The van der Waals surface area contributed by atoms with E-state index in [0.29, 0.717) is 37.6 Å². The van der Waals surface area contributed by atoms with Crippen LogP contribution >= 0.6 is 12.4 Å². The van der Waals surface area contributed by atoms with Crippen LogP contribution in [0.5, 0.6) is 5.75 Å². The molecule has 2 rings (SSSR count). The third-order valence-corrected chi connectivity index (χ3v) is 5.03. The number of amides is 2. The van der Waals surface area contributed by atoms with Gasteiger partial charge in [-0.15, -0.1) is 12.4 Å². The first-order valence-corrected chi connectivity index (χ1v) is 10.0. The van der Waals surface area contributed by atoms with Crippen LogP contribution in [0, 0.1) is 5.92 Å². The summed E-state index contributed by atoms with van der Waals surface area (Å²) in [6.45, 7) is 6.48. The highest BCUT2D eigenvalue weighted by Crippen LogP contribution is 2.17. The first-order valence-electron chi connectivity index (χ1n) is 10.0. The van der Waals surface area contributed by atoms with E-state index in [1.165, 1.54) is 0 Å². The fraction of sp³-hybridized carbons (Fsp3) is 0.619. The smallest absolute Gasteiger partial charge is 0.251 e. The highest BCUT2D eigenvalue weighted by molar-refractivity contribution is 5.97. The number of nitrogens with zero attached hydrogens (tertiary/aromatic N) is 1. The van der Waals surface area contributed by atoms with Crippen molar-refractivity contribution in [3.05, 3.63) is 29.8 Å². The lowest BCUT2D eigenvalue weighted by Gasteiger charge is -2.35. The zero-order valence-corrected chi connectivity index (χ0v) is 18.4. The molecule has 1 fully saturated rings. The summed E-state index contributed by atoms with van der Waals surface area (Å²) >= 11 is 0. The van der Waals surface area contributed by atoms with E-state index in [4.69, 9.17) is 15.2 Å². The molecule has 0 radical (unpaired) electrons. The number of nitrogens with one attached hydrogen (secondary N) is 1. The Hall–Kier alpha value is -1.83. The molecule has 1 saturated heterocycles. The van der Waals surface area contributed by atoms with Gasteiger partial charge in [0.2, 0.25) is 5.91 Å². The number of carbonyl (C=O) groups is 2. The van der Waals surface area contributed by atoms with E-state index in [2.05, 4.69) is 5.32 Å². The van der Waals surface area contributed by atoms with E-state index in [9.17, 15) is 9.59 Å². The van der Waals surface area contributed by atoms with Crippen molar-refractivity contribution in [2.75, 3.05) is 33.4 Å². The number of benzene rings is 1. The molecule has 0 saturated carbocycles. The van der Waals surface area contributed by atoms with Gasteiger partial charge in [-0.05, 0) is 56.0 Å². The second-order valence-corrected chi connectivity index (χ2v) is 7.46. The van der Waals surface area contributed by atoms with Crippen LogP contribution in [0.3, 0.4) is 0 Å². The Bertz CT molecular complexity index is 631. The maximum Gasteiger partial charge on any atom is 0.251 e. The Labute approximate surface area is 179 Å². The fourth-order valence-electron chi connectivity index (χ4n) is 3.25. The lowest BCUT2D eigenvalue weighted by Crippen LogP contribution is -2.53. The van der Waals surface area contributed by atoms with Crippen LogP contribution in [0.25, 0.3) is 0 Å². The predicted molar refractivity (Wildman–Crippen MR) is 116 cm³/mol. The molecule has 164 valence electrons. The van der Waals surface area contributed by atoms with Gasteiger partial charge in [0.15, 0.2) is 0 Å². The number of nitrogens with two attached hydrogens (primary N) is 1. The van der Waals surface area contributed by atoms with E-state index >= 15 is 0 Å². The maximum absolute atomic E-state index is 13.0. The van der Waals surface area contributed by atoms with Gasteiger partial charge in [-0.25, -0.2) is 0 Å². The van der Waals surface area contributed by atoms with Gasteiger partial charge in [0.05, 0.1) is 13.2 Å². The number of rotatable bonds is 9. The average Bonchev–Trinajstić information content (AvgIpc) is 2.72. The molecule has 1 aliphatic rings. The number of hydrogen-bond donors (Lipinski definition) is 2. The lowest BCUT2D eigenvalue weighted by molar-refractivity contribution is -0.137. The van der Waals surface area contributed by atoms with Crippen molar-refractivity contribution >= 4 is 24.2 Å². The minimum atomic E-state index is -0.552. The normalized spacial score (nSPS) is 15.6.